The van der Waals surface area contributed by atoms with Crippen LogP contribution in [0.5, 0.6) is 0 Å². The molecular weight excluding hydrogens is 278 g/mol. The first-order valence-corrected chi connectivity index (χ1v) is 8.55. The average Bonchev–Trinajstić information content (AvgIpc) is 2.30. The van der Waals surface area contributed by atoms with Gasteiger partial charge in [0.05, 0.1) is 5.60 Å². The van der Waals surface area contributed by atoms with Crippen LogP contribution < -0.4 is 0 Å². The highest BCUT2D eigenvalue weighted by Gasteiger charge is 2.34. The maximum absolute atomic E-state index is 7.82. The van der Waals surface area contributed by atoms with Gasteiger partial charge in [0.1, 0.15) is 0 Å². The van der Waals surface area contributed by atoms with Crippen LogP contribution in [0.3, 0.4) is 0 Å². The Balaban J connectivity index is 0.000000203. The number of hydrogen-bond acceptors (Lipinski definition) is 6. The molecule has 1 saturated heterocycles. The van der Waals surface area contributed by atoms with Gasteiger partial charge >= 0.3 is 17.2 Å². The maximum atomic E-state index is 7.82. The summed E-state index contributed by atoms with van der Waals surface area (Å²) >= 11 is 0. The molecule has 0 aromatic carbocycles. The Morgan fingerprint density at radius 3 is 1.67 bits per heavy atom. The van der Waals surface area contributed by atoms with E-state index in [-0.39, 0.29) is 0 Å². The van der Waals surface area contributed by atoms with Crippen molar-refractivity contribution in [1.29, 1.82) is 0 Å². The minimum Gasteiger partial charge on any atom is -0.375 e. The summed E-state index contributed by atoms with van der Waals surface area (Å²) in [6.45, 7) is 1.03. The van der Waals surface area contributed by atoms with Crippen LogP contribution in [0.2, 0.25) is 0 Å². The molecule has 1 aliphatic carbocycles. The molecule has 2 rings (SSSR count). The van der Waals surface area contributed by atoms with Crippen molar-refractivity contribution in [3.63, 3.8) is 0 Å². The quantitative estimate of drug-likeness (QED) is 0.584. The van der Waals surface area contributed by atoms with E-state index in [0.717, 1.165) is 6.61 Å². The second-order valence-electron chi connectivity index (χ2n) is 4.64. The lowest BCUT2D eigenvalue weighted by molar-refractivity contribution is -0.0993. The Hall–Kier alpha value is 0.620. The van der Waals surface area contributed by atoms with Crippen LogP contribution in [0.25, 0.3) is 0 Å². The molecule has 0 atom stereocenters. The van der Waals surface area contributed by atoms with E-state index in [9.17, 15) is 0 Å². The highest BCUT2D eigenvalue weighted by Crippen LogP contribution is 2.41. The number of rotatable bonds is 2. The molecule has 0 bridgehead atoms. The first-order valence-electron chi connectivity index (χ1n) is 6.22. The molecule has 0 unspecified atom stereocenters. The Kier molecular flexibility index (Phi) is 8.08. The van der Waals surface area contributed by atoms with E-state index in [2.05, 4.69) is 4.31 Å². The van der Waals surface area contributed by atoms with Gasteiger partial charge in [-0.2, -0.15) is 0 Å². The van der Waals surface area contributed by atoms with Gasteiger partial charge in [0.2, 0.25) is 0 Å². The van der Waals surface area contributed by atoms with E-state index in [0.29, 0.717) is 5.60 Å². The zero-order chi connectivity index (χ0) is 13.4. The van der Waals surface area contributed by atoms with Crippen LogP contribution in [-0.4, -0.2) is 31.8 Å². The maximum Gasteiger partial charge on any atom is 0.334 e. The molecule has 1 heterocycles. The van der Waals surface area contributed by atoms with Gasteiger partial charge in [0.15, 0.2) is 0 Å². The molecule has 4 N–H and O–H groups in total. The van der Waals surface area contributed by atoms with E-state index in [1.54, 1.807) is 0 Å². The Morgan fingerprint density at radius 1 is 0.778 bits per heavy atom. The van der Waals surface area contributed by atoms with E-state index in [4.69, 9.17) is 24.3 Å². The molecule has 18 heavy (non-hydrogen) atoms. The van der Waals surface area contributed by atoms with Crippen molar-refractivity contribution in [3.8, 4) is 0 Å². The molecule has 2 aliphatic rings. The molecule has 1 aliphatic heterocycles. The van der Waals surface area contributed by atoms with Crippen molar-refractivity contribution in [1.82, 2.24) is 0 Å². The van der Waals surface area contributed by atoms with E-state index in [1.165, 1.54) is 51.4 Å². The summed E-state index contributed by atoms with van der Waals surface area (Å²) in [5, 5.41) is 0. The Morgan fingerprint density at radius 2 is 1.28 bits per heavy atom. The summed E-state index contributed by atoms with van der Waals surface area (Å²) in [5.41, 5.74) is 0.358. The molecule has 0 radical (unpaired) electrons. The highest BCUT2D eigenvalue weighted by atomic mass is 31.2. The smallest absolute Gasteiger partial charge is 0.334 e. The average molecular weight is 300 g/mol. The fourth-order valence-corrected chi connectivity index (χ4v) is 3.09. The topological polar surface area (TPSA) is 99.4 Å². The first kappa shape index (κ1) is 16.7. The first-order chi connectivity index (χ1) is 8.54. The van der Waals surface area contributed by atoms with E-state index in [1.807, 2.05) is 0 Å². The molecule has 8 heteroatoms. The summed E-state index contributed by atoms with van der Waals surface area (Å²) < 4.78 is 9.51. The van der Waals surface area contributed by atoms with E-state index >= 15 is 0 Å². The number of hydrogen-bond donors (Lipinski definition) is 4. The molecule has 2 fully saturated rings. The lowest BCUT2D eigenvalue weighted by Gasteiger charge is -2.40. The van der Waals surface area contributed by atoms with Crippen LogP contribution in [0, 0.1) is 0 Å². The van der Waals surface area contributed by atoms with Crippen molar-refractivity contribution in [3.05, 3.63) is 0 Å². The Labute approximate surface area is 110 Å². The standard InChI is InChI=1S/C10H18O.H4O5P2/c1-2-6-10(7-3-1)8-4-5-9-11-10;1-6(2)5-7(3)4/h1-9H2;1-4H. The monoisotopic (exact) mass is 300 g/mol. The second-order valence-corrected chi connectivity index (χ2v) is 6.30. The summed E-state index contributed by atoms with van der Waals surface area (Å²) in [7, 11) is -5.22. The third-order valence-corrected chi connectivity index (χ3v) is 4.51. The number of ether oxygens (including phenoxy) is 1. The minimum atomic E-state index is -2.61. The van der Waals surface area contributed by atoms with Crippen LogP contribution in [0.1, 0.15) is 51.4 Å². The predicted octanol–water partition coefficient (Wildman–Crippen LogP) is 2.32. The third kappa shape index (κ3) is 6.69. The van der Waals surface area contributed by atoms with Gasteiger partial charge in [-0.15, -0.1) is 0 Å². The van der Waals surface area contributed by atoms with Gasteiger partial charge in [0, 0.05) is 6.61 Å². The zero-order valence-corrected chi connectivity index (χ0v) is 12.2. The van der Waals surface area contributed by atoms with Gasteiger partial charge in [0.25, 0.3) is 0 Å². The van der Waals surface area contributed by atoms with Crippen molar-refractivity contribution < 1.29 is 28.6 Å². The summed E-state index contributed by atoms with van der Waals surface area (Å²) in [5.74, 6) is 0. The second kappa shape index (κ2) is 8.72. The minimum absolute atomic E-state index is 0.358. The lowest BCUT2D eigenvalue weighted by Crippen LogP contribution is -2.37. The van der Waals surface area contributed by atoms with Gasteiger partial charge in [-0.05, 0) is 32.1 Å². The molecule has 0 aromatic rings. The summed E-state index contributed by atoms with van der Waals surface area (Å²) in [4.78, 5) is 31.3. The van der Waals surface area contributed by atoms with Crippen LogP contribution >= 0.6 is 17.2 Å². The summed E-state index contributed by atoms with van der Waals surface area (Å²) in [6.07, 6.45) is 11.0. The Bertz CT molecular complexity index is 189. The largest absolute Gasteiger partial charge is 0.375 e. The van der Waals surface area contributed by atoms with Crippen LogP contribution in [0.15, 0.2) is 0 Å². The highest BCUT2D eigenvalue weighted by molar-refractivity contribution is 7.53. The molecule has 108 valence electrons. The van der Waals surface area contributed by atoms with Crippen LogP contribution in [0.4, 0.5) is 0 Å². The normalized spacial score (nSPS) is 23.0. The molecule has 1 saturated carbocycles. The van der Waals surface area contributed by atoms with Gasteiger partial charge < -0.3 is 24.3 Å². The molecule has 6 nitrogen and oxygen atoms in total. The van der Waals surface area contributed by atoms with Crippen molar-refractivity contribution in [2.75, 3.05) is 6.61 Å². The zero-order valence-electron chi connectivity index (χ0n) is 10.4. The SMILES string of the molecule is C1CCC2(CC1)CCCCO2.OP(O)OP(O)O. The van der Waals surface area contributed by atoms with Crippen molar-refractivity contribution in [2.24, 2.45) is 0 Å². The fraction of sp³-hybridized carbons (Fsp3) is 1.00. The molecule has 1 spiro atoms. The summed E-state index contributed by atoms with van der Waals surface area (Å²) in [6, 6.07) is 0. The van der Waals surface area contributed by atoms with Gasteiger partial charge in [-0.25, -0.2) is 4.31 Å². The predicted molar refractivity (Wildman–Crippen MR) is 69.4 cm³/mol. The van der Waals surface area contributed by atoms with Gasteiger partial charge in [-0.3, -0.25) is 0 Å². The fourth-order valence-electron chi connectivity index (χ4n) is 2.57. The van der Waals surface area contributed by atoms with Gasteiger partial charge in [-0.1, -0.05) is 19.3 Å². The molecular formula is C10H22O6P2. The lowest BCUT2D eigenvalue weighted by atomic mass is 9.80. The van der Waals surface area contributed by atoms with E-state index < -0.39 is 17.2 Å². The molecule has 0 aromatic heterocycles. The third-order valence-electron chi connectivity index (χ3n) is 3.35. The van der Waals surface area contributed by atoms with Crippen LogP contribution in [-0.2, 0) is 9.05 Å². The molecule has 0 amide bonds. The van der Waals surface area contributed by atoms with Crippen molar-refractivity contribution >= 4 is 17.2 Å². The van der Waals surface area contributed by atoms with Crippen molar-refractivity contribution in [2.45, 2.75) is 57.0 Å².